The zero-order valence-corrected chi connectivity index (χ0v) is 19.1. The number of aryl methyl sites for hydroxylation is 3. The highest BCUT2D eigenvalue weighted by Gasteiger charge is 2.27. The molecular weight excluding hydrogens is 392 g/mol. The van der Waals surface area contributed by atoms with Gasteiger partial charge in [-0.05, 0) is 52.5 Å². The fourth-order valence-electron chi connectivity index (χ4n) is 3.92. The van der Waals surface area contributed by atoms with Crippen LogP contribution in [0.2, 0.25) is 0 Å². The van der Waals surface area contributed by atoms with Crippen molar-refractivity contribution in [2.75, 3.05) is 24.6 Å². The molecule has 1 atom stereocenters. The van der Waals surface area contributed by atoms with Gasteiger partial charge in [-0.3, -0.25) is 4.79 Å². The standard InChI is InChI=1S/C23H36N6O2/c1-18(2)31-14-6-9-25-22(30)16-21-7-4-5-11-29(21)23-26-19(3)15-20(27-23)8-12-28-13-10-24-17-28/h10,13,15,17-18,21H,4-9,11-12,14,16H2,1-3H3,(H,25,30). The lowest BCUT2D eigenvalue weighted by Crippen LogP contribution is -2.44. The van der Waals surface area contributed by atoms with E-state index in [2.05, 4.69) is 19.8 Å². The Morgan fingerprint density at radius 3 is 2.97 bits per heavy atom. The van der Waals surface area contributed by atoms with Gasteiger partial charge in [0, 0.05) is 68.9 Å². The van der Waals surface area contributed by atoms with E-state index in [1.54, 1.807) is 6.20 Å². The molecule has 2 aromatic rings. The third-order valence-electron chi connectivity index (χ3n) is 5.48. The molecule has 0 bridgehead atoms. The van der Waals surface area contributed by atoms with Crippen molar-refractivity contribution in [3.63, 3.8) is 0 Å². The zero-order chi connectivity index (χ0) is 22.1. The number of amides is 1. The largest absolute Gasteiger partial charge is 0.379 e. The van der Waals surface area contributed by atoms with Gasteiger partial charge in [0.2, 0.25) is 11.9 Å². The van der Waals surface area contributed by atoms with E-state index >= 15 is 0 Å². The molecule has 1 N–H and O–H groups in total. The Balaban J connectivity index is 1.57. The number of anilines is 1. The van der Waals surface area contributed by atoms with Crippen LogP contribution in [-0.4, -0.2) is 57.3 Å². The Kier molecular flexibility index (Phi) is 8.82. The Morgan fingerprint density at radius 2 is 2.19 bits per heavy atom. The molecule has 0 aromatic carbocycles. The molecule has 8 nitrogen and oxygen atoms in total. The van der Waals surface area contributed by atoms with Gasteiger partial charge in [0.1, 0.15) is 0 Å². The second-order valence-electron chi connectivity index (χ2n) is 8.52. The number of nitrogens with one attached hydrogen (secondary N) is 1. The van der Waals surface area contributed by atoms with Crippen molar-refractivity contribution in [1.82, 2.24) is 24.8 Å². The Morgan fingerprint density at radius 1 is 1.32 bits per heavy atom. The third kappa shape index (κ3) is 7.61. The maximum absolute atomic E-state index is 12.5. The van der Waals surface area contributed by atoms with Crippen LogP contribution in [0.1, 0.15) is 57.3 Å². The van der Waals surface area contributed by atoms with E-state index in [0.717, 1.165) is 62.5 Å². The smallest absolute Gasteiger partial charge is 0.226 e. The van der Waals surface area contributed by atoms with Crippen LogP contribution in [0.5, 0.6) is 0 Å². The number of nitrogens with zero attached hydrogens (tertiary/aromatic N) is 5. The molecule has 3 heterocycles. The molecule has 1 aliphatic heterocycles. The van der Waals surface area contributed by atoms with Crippen LogP contribution in [0.3, 0.4) is 0 Å². The lowest BCUT2D eigenvalue weighted by Gasteiger charge is -2.35. The zero-order valence-electron chi connectivity index (χ0n) is 19.1. The number of aromatic nitrogens is 4. The number of imidazole rings is 1. The maximum Gasteiger partial charge on any atom is 0.226 e. The molecule has 2 aromatic heterocycles. The molecule has 8 heteroatoms. The first-order valence-electron chi connectivity index (χ1n) is 11.5. The van der Waals surface area contributed by atoms with Crippen LogP contribution in [-0.2, 0) is 22.5 Å². The number of hydrogen-bond donors (Lipinski definition) is 1. The van der Waals surface area contributed by atoms with Crippen LogP contribution >= 0.6 is 0 Å². The quantitative estimate of drug-likeness (QED) is 0.554. The van der Waals surface area contributed by atoms with Crippen molar-refractivity contribution < 1.29 is 9.53 Å². The molecular formula is C23H36N6O2. The topological polar surface area (TPSA) is 85.2 Å². The van der Waals surface area contributed by atoms with E-state index in [-0.39, 0.29) is 18.1 Å². The highest BCUT2D eigenvalue weighted by atomic mass is 16.5. The van der Waals surface area contributed by atoms with Crippen molar-refractivity contribution in [3.05, 3.63) is 36.2 Å². The molecule has 3 rings (SSSR count). The van der Waals surface area contributed by atoms with E-state index in [1.807, 2.05) is 39.4 Å². The van der Waals surface area contributed by atoms with Crippen molar-refractivity contribution in [3.8, 4) is 0 Å². The molecule has 170 valence electrons. The summed E-state index contributed by atoms with van der Waals surface area (Å²) in [6.45, 7) is 9.10. The number of carbonyl (C=O) groups excluding carboxylic acids is 1. The van der Waals surface area contributed by atoms with Crippen LogP contribution in [0.25, 0.3) is 0 Å². The van der Waals surface area contributed by atoms with E-state index < -0.39 is 0 Å². The summed E-state index contributed by atoms with van der Waals surface area (Å²) < 4.78 is 7.59. The first-order chi connectivity index (χ1) is 15.0. The number of carbonyl (C=O) groups is 1. The molecule has 1 fully saturated rings. The van der Waals surface area contributed by atoms with Crippen LogP contribution in [0.15, 0.2) is 24.8 Å². The minimum Gasteiger partial charge on any atom is -0.379 e. The molecule has 1 aliphatic rings. The lowest BCUT2D eigenvalue weighted by molar-refractivity contribution is -0.121. The average Bonchev–Trinajstić information content (AvgIpc) is 3.25. The van der Waals surface area contributed by atoms with E-state index in [9.17, 15) is 4.79 Å². The second kappa shape index (κ2) is 11.8. The SMILES string of the molecule is Cc1cc(CCn2ccnc2)nc(N2CCCCC2CC(=O)NCCCOC(C)C)n1. The Hall–Kier alpha value is -2.48. The fourth-order valence-corrected chi connectivity index (χ4v) is 3.92. The van der Waals surface area contributed by atoms with Gasteiger partial charge in [0.05, 0.1) is 12.4 Å². The molecule has 0 spiro atoms. The first kappa shape index (κ1) is 23.2. The monoisotopic (exact) mass is 428 g/mol. The van der Waals surface area contributed by atoms with Crippen molar-refractivity contribution in [2.24, 2.45) is 0 Å². The summed E-state index contributed by atoms with van der Waals surface area (Å²) in [5, 5.41) is 3.04. The van der Waals surface area contributed by atoms with Gasteiger partial charge in [0.25, 0.3) is 0 Å². The lowest BCUT2D eigenvalue weighted by atomic mass is 9.99. The van der Waals surface area contributed by atoms with Crippen LogP contribution in [0, 0.1) is 6.92 Å². The predicted molar refractivity (Wildman–Crippen MR) is 121 cm³/mol. The number of piperidine rings is 1. The minimum atomic E-state index is 0.0921. The van der Waals surface area contributed by atoms with Gasteiger partial charge < -0.3 is 19.5 Å². The molecule has 0 radical (unpaired) electrons. The van der Waals surface area contributed by atoms with Gasteiger partial charge in [-0.15, -0.1) is 0 Å². The second-order valence-corrected chi connectivity index (χ2v) is 8.52. The summed E-state index contributed by atoms with van der Waals surface area (Å²) in [6, 6.07) is 2.19. The van der Waals surface area contributed by atoms with Gasteiger partial charge in [-0.2, -0.15) is 0 Å². The molecule has 0 saturated carbocycles. The summed E-state index contributed by atoms with van der Waals surface area (Å²) in [6.07, 6.45) is 11.2. The van der Waals surface area contributed by atoms with Crippen molar-refractivity contribution in [1.29, 1.82) is 0 Å². The molecule has 31 heavy (non-hydrogen) atoms. The van der Waals surface area contributed by atoms with E-state index in [4.69, 9.17) is 14.7 Å². The fraction of sp³-hybridized carbons (Fsp3) is 0.652. The normalized spacial score (nSPS) is 16.6. The van der Waals surface area contributed by atoms with E-state index in [1.165, 1.54) is 0 Å². The van der Waals surface area contributed by atoms with Crippen molar-refractivity contribution >= 4 is 11.9 Å². The summed E-state index contributed by atoms with van der Waals surface area (Å²) in [5.41, 5.74) is 1.99. The highest BCUT2D eigenvalue weighted by Crippen LogP contribution is 2.24. The summed E-state index contributed by atoms with van der Waals surface area (Å²) >= 11 is 0. The molecule has 1 saturated heterocycles. The van der Waals surface area contributed by atoms with Crippen LogP contribution < -0.4 is 10.2 Å². The average molecular weight is 429 g/mol. The van der Waals surface area contributed by atoms with Gasteiger partial charge in [0.15, 0.2) is 0 Å². The first-order valence-corrected chi connectivity index (χ1v) is 11.5. The minimum absolute atomic E-state index is 0.0921. The maximum atomic E-state index is 12.5. The Bertz CT molecular complexity index is 808. The third-order valence-corrected chi connectivity index (χ3v) is 5.48. The van der Waals surface area contributed by atoms with Gasteiger partial charge in [-0.1, -0.05) is 0 Å². The predicted octanol–water partition coefficient (Wildman–Crippen LogP) is 2.90. The van der Waals surface area contributed by atoms with Gasteiger partial charge in [-0.25, -0.2) is 15.0 Å². The van der Waals surface area contributed by atoms with E-state index in [0.29, 0.717) is 19.6 Å². The van der Waals surface area contributed by atoms with Gasteiger partial charge >= 0.3 is 0 Å². The molecule has 0 aliphatic carbocycles. The highest BCUT2D eigenvalue weighted by molar-refractivity contribution is 5.77. The van der Waals surface area contributed by atoms with Crippen LogP contribution in [0.4, 0.5) is 5.95 Å². The van der Waals surface area contributed by atoms with Crippen molar-refractivity contribution in [2.45, 2.75) is 78.0 Å². The Labute approximate surface area is 185 Å². The number of rotatable bonds is 11. The molecule has 1 amide bonds. The summed E-state index contributed by atoms with van der Waals surface area (Å²) in [7, 11) is 0. The summed E-state index contributed by atoms with van der Waals surface area (Å²) in [4.78, 5) is 28.4. The number of hydrogen-bond acceptors (Lipinski definition) is 6. The summed E-state index contributed by atoms with van der Waals surface area (Å²) in [5.74, 6) is 0.845. The molecule has 1 unspecified atom stereocenters. The number of ether oxygens (including phenoxy) is 1.